The number of hydrogen-bond acceptors (Lipinski definition) is 5. The average Bonchev–Trinajstić information content (AvgIpc) is 3.18. The molecule has 5 heteroatoms. The van der Waals surface area contributed by atoms with E-state index in [4.69, 9.17) is 5.11 Å². The quantitative estimate of drug-likeness (QED) is 0.576. The van der Waals surface area contributed by atoms with E-state index in [1.165, 1.54) is 12.8 Å². The first kappa shape index (κ1) is 12.6. The van der Waals surface area contributed by atoms with Crippen LogP contribution < -0.4 is 5.32 Å². The van der Waals surface area contributed by atoms with Crippen molar-refractivity contribution >= 4 is 17.6 Å². The highest BCUT2D eigenvalue weighted by atomic mass is 32.2. The molecule has 1 fully saturated rings. The molecule has 1 aromatic rings. The van der Waals surface area contributed by atoms with Gasteiger partial charge in [0.05, 0.1) is 6.61 Å². The molecule has 1 aromatic heterocycles. The summed E-state index contributed by atoms with van der Waals surface area (Å²) < 4.78 is 0. The van der Waals surface area contributed by atoms with E-state index in [1.807, 2.05) is 6.07 Å². The molecule has 0 aliphatic heterocycles. The van der Waals surface area contributed by atoms with E-state index >= 15 is 0 Å². The minimum Gasteiger partial charge on any atom is -0.396 e. The third-order valence-electron chi connectivity index (χ3n) is 2.56. The van der Waals surface area contributed by atoms with Gasteiger partial charge in [-0.25, -0.2) is 9.97 Å². The molecule has 0 amide bonds. The van der Waals surface area contributed by atoms with Gasteiger partial charge in [0.1, 0.15) is 16.7 Å². The van der Waals surface area contributed by atoms with Gasteiger partial charge in [0.25, 0.3) is 0 Å². The Bertz CT molecular complexity index is 343. The first-order chi connectivity index (χ1) is 8.33. The summed E-state index contributed by atoms with van der Waals surface area (Å²) in [5, 5.41) is 13.1. The summed E-state index contributed by atoms with van der Waals surface area (Å²) in [5.41, 5.74) is 0. The first-order valence-electron chi connectivity index (χ1n) is 6.20. The summed E-state index contributed by atoms with van der Waals surface area (Å²) in [5.74, 6) is 3.14. The van der Waals surface area contributed by atoms with Gasteiger partial charge >= 0.3 is 0 Å². The summed E-state index contributed by atoms with van der Waals surface area (Å²) in [7, 11) is 0. The molecule has 1 heterocycles. The minimum absolute atomic E-state index is 0.186. The maximum Gasteiger partial charge on any atom is 0.135 e. The highest BCUT2D eigenvalue weighted by Gasteiger charge is 2.27. The zero-order valence-corrected chi connectivity index (χ0v) is 11.0. The standard InChI is InChI=1S/C12H19N3OS/c1-2-5-13-10-8-11(17-7-6-16)15-12(14-10)9-3-4-9/h8-9,16H,2-7H2,1H3,(H,13,14,15). The lowest BCUT2D eigenvalue weighted by Crippen LogP contribution is -2.05. The lowest BCUT2D eigenvalue weighted by Gasteiger charge is -2.08. The highest BCUT2D eigenvalue weighted by Crippen LogP contribution is 2.39. The Morgan fingerprint density at radius 3 is 2.94 bits per heavy atom. The number of thioether (sulfide) groups is 1. The Morgan fingerprint density at radius 2 is 2.29 bits per heavy atom. The van der Waals surface area contributed by atoms with E-state index in [9.17, 15) is 0 Å². The van der Waals surface area contributed by atoms with E-state index in [2.05, 4.69) is 22.2 Å². The van der Waals surface area contributed by atoms with Crippen LogP contribution in [0.3, 0.4) is 0 Å². The van der Waals surface area contributed by atoms with Crippen molar-refractivity contribution in [3.05, 3.63) is 11.9 Å². The number of aliphatic hydroxyl groups is 1. The third kappa shape index (κ3) is 3.85. The SMILES string of the molecule is CCCNc1cc(SCCO)nc(C2CC2)n1. The monoisotopic (exact) mass is 253 g/mol. The predicted molar refractivity (Wildman–Crippen MR) is 70.6 cm³/mol. The molecule has 17 heavy (non-hydrogen) atoms. The Balaban J connectivity index is 2.10. The average molecular weight is 253 g/mol. The molecule has 0 aromatic carbocycles. The topological polar surface area (TPSA) is 58.0 Å². The number of rotatable bonds is 7. The van der Waals surface area contributed by atoms with Gasteiger partial charge in [-0.3, -0.25) is 0 Å². The number of nitrogens with zero attached hydrogens (tertiary/aromatic N) is 2. The molecular formula is C12H19N3OS. The zero-order valence-electron chi connectivity index (χ0n) is 10.1. The van der Waals surface area contributed by atoms with Crippen molar-refractivity contribution in [1.82, 2.24) is 9.97 Å². The molecule has 0 spiro atoms. The van der Waals surface area contributed by atoms with Crippen LogP contribution in [0.2, 0.25) is 0 Å². The molecule has 0 atom stereocenters. The number of aromatic nitrogens is 2. The van der Waals surface area contributed by atoms with Crippen molar-refractivity contribution in [3.63, 3.8) is 0 Å². The molecule has 94 valence electrons. The highest BCUT2D eigenvalue weighted by molar-refractivity contribution is 7.99. The Morgan fingerprint density at radius 1 is 1.47 bits per heavy atom. The zero-order chi connectivity index (χ0) is 12.1. The first-order valence-corrected chi connectivity index (χ1v) is 7.18. The molecular weight excluding hydrogens is 234 g/mol. The van der Waals surface area contributed by atoms with Crippen molar-refractivity contribution in [2.75, 3.05) is 24.2 Å². The van der Waals surface area contributed by atoms with Gasteiger partial charge in [0.15, 0.2) is 0 Å². The molecule has 4 nitrogen and oxygen atoms in total. The van der Waals surface area contributed by atoms with Crippen molar-refractivity contribution < 1.29 is 5.11 Å². The normalized spacial score (nSPS) is 14.9. The van der Waals surface area contributed by atoms with E-state index in [0.717, 1.165) is 29.6 Å². The number of anilines is 1. The van der Waals surface area contributed by atoms with Crippen LogP contribution in [0.15, 0.2) is 11.1 Å². The van der Waals surface area contributed by atoms with Crippen molar-refractivity contribution in [1.29, 1.82) is 0 Å². The van der Waals surface area contributed by atoms with Crippen molar-refractivity contribution in [2.45, 2.75) is 37.1 Å². The maximum atomic E-state index is 8.85. The summed E-state index contributed by atoms with van der Waals surface area (Å²) in [6.07, 6.45) is 3.50. The van der Waals surface area contributed by atoms with Crippen LogP contribution in [-0.4, -0.2) is 34.0 Å². The predicted octanol–water partition coefficient (Wildman–Crippen LogP) is 2.26. The molecule has 0 saturated heterocycles. The van der Waals surface area contributed by atoms with E-state index in [0.29, 0.717) is 11.7 Å². The van der Waals surface area contributed by atoms with Crippen LogP contribution in [0.1, 0.15) is 37.9 Å². The summed E-state index contributed by atoms with van der Waals surface area (Å²) >= 11 is 1.59. The number of nitrogens with one attached hydrogen (secondary N) is 1. The van der Waals surface area contributed by atoms with Crippen LogP contribution in [0.25, 0.3) is 0 Å². The fourth-order valence-electron chi connectivity index (χ4n) is 1.53. The molecule has 1 aliphatic carbocycles. The summed E-state index contributed by atoms with van der Waals surface area (Å²) in [6.45, 7) is 3.26. The fourth-order valence-corrected chi connectivity index (χ4v) is 2.19. The van der Waals surface area contributed by atoms with Crippen molar-refractivity contribution in [3.8, 4) is 0 Å². The van der Waals surface area contributed by atoms with Gasteiger partial charge in [-0.1, -0.05) is 6.92 Å². The van der Waals surface area contributed by atoms with Crippen molar-refractivity contribution in [2.24, 2.45) is 0 Å². The Hall–Kier alpha value is -0.810. The molecule has 1 aliphatic rings. The molecule has 0 bridgehead atoms. The third-order valence-corrected chi connectivity index (χ3v) is 3.45. The van der Waals surface area contributed by atoms with E-state index in [-0.39, 0.29) is 6.61 Å². The van der Waals surface area contributed by atoms with Gasteiger partial charge in [-0.15, -0.1) is 11.8 Å². The summed E-state index contributed by atoms with van der Waals surface area (Å²) in [6, 6.07) is 1.97. The smallest absolute Gasteiger partial charge is 0.135 e. The molecule has 0 unspecified atom stereocenters. The second kappa shape index (κ2) is 6.21. The van der Waals surface area contributed by atoms with Crippen LogP contribution in [0.5, 0.6) is 0 Å². The van der Waals surface area contributed by atoms with Gasteiger partial charge in [0, 0.05) is 24.3 Å². The summed E-state index contributed by atoms with van der Waals surface area (Å²) in [4.78, 5) is 9.08. The van der Waals surface area contributed by atoms with E-state index < -0.39 is 0 Å². The van der Waals surface area contributed by atoms with Crippen LogP contribution in [0.4, 0.5) is 5.82 Å². The second-order valence-electron chi connectivity index (χ2n) is 4.22. The molecule has 0 radical (unpaired) electrons. The van der Waals surface area contributed by atoms with Crippen LogP contribution in [-0.2, 0) is 0 Å². The van der Waals surface area contributed by atoms with Crippen LogP contribution >= 0.6 is 11.8 Å². The van der Waals surface area contributed by atoms with Crippen LogP contribution in [0, 0.1) is 0 Å². The Kier molecular flexibility index (Phi) is 4.62. The Labute approximate surface area is 106 Å². The number of aliphatic hydroxyl groups excluding tert-OH is 1. The van der Waals surface area contributed by atoms with Gasteiger partial charge in [-0.05, 0) is 19.3 Å². The lowest BCUT2D eigenvalue weighted by atomic mass is 10.4. The lowest BCUT2D eigenvalue weighted by molar-refractivity contribution is 0.322. The van der Waals surface area contributed by atoms with Gasteiger partial charge in [-0.2, -0.15) is 0 Å². The van der Waals surface area contributed by atoms with Gasteiger partial charge in [0.2, 0.25) is 0 Å². The van der Waals surface area contributed by atoms with Gasteiger partial charge < -0.3 is 10.4 Å². The van der Waals surface area contributed by atoms with E-state index in [1.54, 1.807) is 11.8 Å². The minimum atomic E-state index is 0.186. The maximum absolute atomic E-state index is 8.85. The largest absolute Gasteiger partial charge is 0.396 e. The molecule has 2 rings (SSSR count). The fraction of sp³-hybridized carbons (Fsp3) is 0.667. The molecule has 1 saturated carbocycles. The number of hydrogen-bond donors (Lipinski definition) is 2. The second-order valence-corrected chi connectivity index (χ2v) is 5.34. The molecule has 2 N–H and O–H groups in total.